The van der Waals surface area contributed by atoms with E-state index in [0.29, 0.717) is 23.4 Å². The van der Waals surface area contributed by atoms with Gasteiger partial charge in [-0.2, -0.15) is 13.2 Å². The molecule has 8 heteroatoms. The topological polar surface area (TPSA) is 45.2 Å². The molecule has 1 unspecified atom stereocenters. The van der Waals surface area contributed by atoms with Gasteiger partial charge in [0.25, 0.3) is 0 Å². The molecule has 2 heterocycles. The van der Waals surface area contributed by atoms with Gasteiger partial charge in [0.05, 0.1) is 10.0 Å². The second-order valence-corrected chi connectivity index (χ2v) is 5.87. The Morgan fingerprint density at radius 1 is 1.52 bits per heavy atom. The van der Waals surface area contributed by atoms with Crippen LogP contribution >= 0.6 is 15.9 Å². The molecule has 1 atom stereocenters. The van der Waals surface area contributed by atoms with E-state index in [0.717, 1.165) is 25.1 Å². The van der Waals surface area contributed by atoms with Crippen LogP contribution in [0, 0.1) is 0 Å². The largest absolute Gasteiger partial charge is 0.417 e. The highest BCUT2D eigenvalue weighted by molar-refractivity contribution is 9.10. The summed E-state index contributed by atoms with van der Waals surface area (Å²) in [4.78, 5) is 16.9. The summed E-state index contributed by atoms with van der Waals surface area (Å²) >= 11 is 3.15. The van der Waals surface area contributed by atoms with E-state index in [2.05, 4.69) is 26.2 Å². The van der Waals surface area contributed by atoms with Gasteiger partial charge in [-0.1, -0.05) is 0 Å². The van der Waals surface area contributed by atoms with E-state index in [1.165, 1.54) is 6.92 Å². The molecule has 1 saturated heterocycles. The van der Waals surface area contributed by atoms with Crippen LogP contribution in [0.5, 0.6) is 0 Å². The highest BCUT2D eigenvalue weighted by Gasteiger charge is 2.32. The maximum Gasteiger partial charge on any atom is 0.417 e. The fraction of sp³-hybridized carbons (Fsp3) is 0.538. The Balaban J connectivity index is 2.16. The molecule has 2 rings (SSSR count). The zero-order chi connectivity index (χ0) is 15.6. The summed E-state index contributed by atoms with van der Waals surface area (Å²) in [5.74, 6) is 0.361. The number of hydrogen-bond acceptors (Lipinski definition) is 3. The summed E-state index contributed by atoms with van der Waals surface area (Å²) in [5.41, 5.74) is -0.784. The number of nitrogens with one attached hydrogen (secondary N) is 1. The standard InChI is InChI=1S/C13H15BrF3N3O/c1-8(21)19-10-3-2-4-20(7-10)12-11(14)5-9(6-18-12)13(15,16)17/h5-6,10H,2-4,7H2,1H3,(H,19,21). The van der Waals surface area contributed by atoms with E-state index in [-0.39, 0.29) is 11.9 Å². The van der Waals surface area contributed by atoms with Crippen molar-refractivity contribution in [3.8, 4) is 0 Å². The number of alkyl halides is 3. The number of hydrogen-bond donors (Lipinski definition) is 1. The van der Waals surface area contributed by atoms with Crippen LogP contribution in [0.2, 0.25) is 0 Å². The second kappa shape index (κ2) is 6.21. The van der Waals surface area contributed by atoms with Crippen molar-refractivity contribution in [3.05, 3.63) is 22.3 Å². The number of rotatable bonds is 2. The SMILES string of the molecule is CC(=O)NC1CCCN(c2ncc(C(F)(F)F)cc2Br)C1. The molecule has 0 spiro atoms. The van der Waals surface area contributed by atoms with Gasteiger partial charge in [-0.05, 0) is 34.8 Å². The van der Waals surface area contributed by atoms with Crippen LogP contribution in [0.4, 0.5) is 19.0 Å². The van der Waals surface area contributed by atoms with Crippen molar-refractivity contribution in [1.29, 1.82) is 0 Å². The van der Waals surface area contributed by atoms with Crippen LogP contribution < -0.4 is 10.2 Å². The summed E-state index contributed by atoms with van der Waals surface area (Å²) in [5, 5.41) is 2.83. The number of carbonyl (C=O) groups excluding carboxylic acids is 1. The van der Waals surface area contributed by atoms with E-state index in [9.17, 15) is 18.0 Å². The summed E-state index contributed by atoms with van der Waals surface area (Å²) in [6, 6.07) is 1.02. The Labute approximate surface area is 128 Å². The van der Waals surface area contributed by atoms with Gasteiger partial charge in [-0.15, -0.1) is 0 Å². The normalized spacial score (nSPS) is 19.5. The third kappa shape index (κ3) is 4.09. The lowest BCUT2D eigenvalue weighted by Crippen LogP contribution is -2.47. The third-order valence-electron chi connectivity index (χ3n) is 3.28. The lowest BCUT2D eigenvalue weighted by Gasteiger charge is -2.34. The van der Waals surface area contributed by atoms with Crippen molar-refractivity contribution in [2.75, 3.05) is 18.0 Å². The van der Waals surface area contributed by atoms with E-state index in [1.54, 1.807) is 0 Å². The van der Waals surface area contributed by atoms with Gasteiger partial charge in [-0.25, -0.2) is 4.98 Å². The number of pyridine rings is 1. The minimum Gasteiger partial charge on any atom is -0.354 e. The molecular weight excluding hydrogens is 351 g/mol. The molecule has 1 aromatic heterocycles. The minimum atomic E-state index is -4.41. The maximum absolute atomic E-state index is 12.6. The summed E-state index contributed by atoms with van der Waals surface area (Å²) < 4.78 is 38.2. The molecule has 4 nitrogen and oxygen atoms in total. The molecule has 1 aliphatic rings. The molecule has 0 bridgehead atoms. The van der Waals surface area contributed by atoms with E-state index >= 15 is 0 Å². The number of aromatic nitrogens is 1. The minimum absolute atomic E-state index is 0.00718. The number of anilines is 1. The number of halogens is 4. The average molecular weight is 366 g/mol. The molecule has 0 saturated carbocycles. The molecule has 0 aromatic carbocycles. The molecule has 1 N–H and O–H groups in total. The number of piperidine rings is 1. The van der Waals surface area contributed by atoms with Crippen molar-refractivity contribution >= 4 is 27.7 Å². The lowest BCUT2D eigenvalue weighted by atomic mass is 10.1. The van der Waals surface area contributed by atoms with Gasteiger partial charge in [0.2, 0.25) is 5.91 Å². The molecule has 1 aromatic rings. The molecule has 1 amide bonds. The number of carbonyl (C=O) groups is 1. The van der Waals surface area contributed by atoms with Gasteiger partial charge in [0, 0.05) is 32.3 Å². The van der Waals surface area contributed by atoms with Crippen molar-refractivity contribution in [3.63, 3.8) is 0 Å². The van der Waals surface area contributed by atoms with Crippen molar-refractivity contribution < 1.29 is 18.0 Å². The third-order valence-corrected chi connectivity index (χ3v) is 3.86. The van der Waals surface area contributed by atoms with Gasteiger partial charge < -0.3 is 10.2 Å². The van der Waals surface area contributed by atoms with Crippen LogP contribution in [0.25, 0.3) is 0 Å². The maximum atomic E-state index is 12.6. The first-order chi connectivity index (χ1) is 9.77. The zero-order valence-corrected chi connectivity index (χ0v) is 13.0. The first kappa shape index (κ1) is 16.1. The van der Waals surface area contributed by atoms with Crippen LogP contribution in [0.1, 0.15) is 25.3 Å². The monoisotopic (exact) mass is 365 g/mol. The first-order valence-corrected chi connectivity index (χ1v) is 7.31. The Morgan fingerprint density at radius 3 is 2.81 bits per heavy atom. The van der Waals surface area contributed by atoms with E-state index < -0.39 is 11.7 Å². The molecule has 1 fully saturated rings. The Kier molecular flexibility index (Phi) is 4.75. The predicted octanol–water partition coefficient (Wildman–Crippen LogP) is 2.97. The Morgan fingerprint density at radius 2 is 2.24 bits per heavy atom. The second-order valence-electron chi connectivity index (χ2n) is 5.01. The van der Waals surface area contributed by atoms with Gasteiger partial charge in [0.1, 0.15) is 5.82 Å². The number of nitrogens with zero attached hydrogens (tertiary/aromatic N) is 2. The summed E-state index contributed by atoms with van der Waals surface area (Å²) in [7, 11) is 0. The lowest BCUT2D eigenvalue weighted by molar-refractivity contribution is -0.137. The highest BCUT2D eigenvalue weighted by Crippen LogP contribution is 2.34. The average Bonchev–Trinajstić information content (AvgIpc) is 2.37. The molecule has 1 aliphatic heterocycles. The summed E-state index contributed by atoms with van der Waals surface area (Å²) in [6.07, 6.45) is -1.87. The van der Waals surface area contributed by atoms with Crippen molar-refractivity contribution in [2.45, 2.75) is 32.0 Å². The molecule has 116 valence electrons. The fourth-order valence-corrected chi connectivity index (χ4v) is 2.99. The smallest absolute Gasteiger partial charge is 0.354 e. The highest BCUT2D eigenvalue weighted by atomic mass is 79.9. The molecule has 21 heavy (non-hydrogen) atoms. The van der Waals surface area contributed by atoms with Crippen LogP contribution in [-0.2, 0) is 11.0 Å². The zero-order valence-electron chi connectivity index (χ0n) is 11.4. The summed E-state index contributed by atoms with van der Waals surface area (Å²) in [6.45, 7) is 2.69. The van der Waals surface area contributed by atoms with E-state index in [1.807, 2.05) is 4.90 Å². The van der Waals surface area contributed by atoms with Gasteiger partial charge in [0.15, 0.2) is 0 Å². The first-order valence-electron chi connectivity index (χ1n) is 6.52. The van der Waals surface area contributed by atoms with Crippen LogP contribution in [0.3, 0.4) is 0 Å². The Bertz CT molecular complexity index is 536. The van der Waals surface area contributed by atoms with Crippen molar-refractivity contribution in [1.82, 2.24) is 10.3 Å². The van der Waals surface area contributed by atoms with Crippen LogP contribution in [-0.4, -0.2) is 30.0 Å². The van der Waals surface area contributed by atoms with E-state index in [4.69, 9.17) is 0 Å². The molecular formula is C13H15BrF3N3O. The van der Waals surface area contributed by atoms with Gasteiger partial charge in [-0.3, -0.25) is 4.79 Å². The van der Waals surface area contributed by atoms with Crippen LogP contribution in [0.15, 0.2) is 16.7 Å². The molecule has 0 aliphatic carbocycles. The number of amides is 1. The fourth-order valence-electron chi connectivity index (χ4n) is 2.39. The molecule has 0 radical (unpaired) electrons. The van der Waals surface area contributed by atoms with Gasteiger partial charge >= 0.3 is 6.18 Å². The quantitative estimate of drug-likeness (QED) is 0.876. The van der Waals surface area contributed by atoms with Crippen molar-refractivity contribution in [2.24, 2.45) is 0 Å². The Hall–Kier alpha value is -1.31. The predicted molar refractivity (Wildman–Crippen MR) is 76.0 cm³/mol.